The van der Waals surface area contributed by atoms with Crippen molar-refractivity contribution in [3.63, 3.8) is 0 Å². The van der Waals surface area contributed by atoms with Crippen molar-refractivity contribution >= 4 is 5.91 Å². The van der Waals surface area contributed by atoms with Crippen molar-refractivity contribution in [1.29, 1.82) is 0 Å². The Hall–Kier alpha value is -2.09. The minimum absolute atomic E-state index is 0.135. The molecule has 1 aromatic rings. The van der Waals surface area contributed by atoms with E-state index in [0.717, 1.165) is 0 Å². The Morgan fingerprint density at radius 3 is 3.00 bits per heavy atom. The summed E-state index contributed by atoms with van der Waals surface area (Å²) in [6.45, 7) is 3.39. The van der Waals surface area contributed by atoms with Crippen LogP contribution in [0.25, 0.3) is 0 Å². The van der Waals surface area contributed by atoms with E-state index in [-0.39, 0.29) is 12.1 Å². The second-order valence-electron chi connectivity index (χ2n) is 2.88. The van der Waals surface area contributed by atoms with Gasteiger partial charge in [0.05, 0.1) is 12.1 Å². The molecule has 5 nitrogen and oxygen atoms in total. The molecular formula is C10H11N3O2. The maximum absolute atomic E-state index is 11.3. The normalized spacial score (nSPS) is 8.93. The van der Waals surface area contributed by atoms with Gasteiger partial charge in [-0.3, -0.25) is 9.59 Å². The number of aromatic nitrogens is 2. The molecule has 0 spiro atoms. The first-order valence-corrected chi connectivity index (χ1v) is 4.39. The first-order valence-electron chi connectivity index (χ1n) is 4.39. The number of aryl methyl sites for hydroxylation is 1. The summed E-state index contributed by atoms with van der Waals surface area (Å²) in [6.07, 6.45) is 1.44. The van der Waals surface area contributed by atoms with Crippen molar-refractivity contribution in [3.8, 4) is 11.8 Å². The number of carbonyl (C=O) groups excluding carboxylic acids is 1. The third-order valence-electron chi connectivity index (χ3n) is 1.68. The number of carbonyl (C=O) groups is 1. The molecule has 0 aliphatic rings. The predicted octanol–water partition coefficient (Wildman–Crippen LogP) is -0.282. The molecule has 0 bridgehead atoms. The molecule has 78 valence electrons. The molecule has 0 unspecified atom stereocenters. The Morgan fingerprint density at radius 1 is 1.67 bits per heavy atom. The standard InChI is InChI=1S/C10H11N3O2/c1-3-4-9(14)12-6-8-5-11-7(2)13-10(8)15/h5H,6H2,1-2H3,(H,12,14)(H,11,13,15). The van der Waals surface area contributed by atoms with E-state index >= 15 is 0 Å². The molecule has 0 aromatic carbocycles. The minimum atomic E-state index is -0.405. The quantitative estimate of drug-likeness (QED) is 0.652. The van der Waals surface area contributed by atoms with Crippen molar-refractivity contribution in [3.05, 3.63) is 27.9 Å². The fourth-order valence-corrected chi connectivity index (χ4v) is 0.969. The fourth-order valence-electron chi connectivity index (χ4n) is 0.969. The van der Waals surface area contributed by atoms with Crippen LogP contribution in [0.15, 0.2) is 11.0 Å². The Balaban J connectivity index is 2.69. The zero-order valence-electron chi connectivity index (χ0n) is 8.55. The summed E-state index contributed by atoms with van der Waals surface area (Å²) in [5.41, 5.74) is 0.166. The van der Waals surface area contributed by atoms with Crippen LogP contribution < -0.4 is 10.9 Å². The maximum Gasteiger partial charge on any atom is 0.296 e. The van der Waals surface area contributed by atoms with Crippen molar-refractivity contribution in [2.24, 2.45) is 0 Å². The highest BCUT2D eigenvalue weighted by atomic mass is 16.1. The van der Waals surface area contributed by atoms with Gasteiger partial charge in [-0.15, -0.1) is 0 Å². The monoisotopic (exact) mass is 205 g/mol. The summed E-state index contributed by atoms with van der Waals surface area (Å²) in [5, 5.41) is 2.49. The molecule has 0 saturated heterocycles. The van der Waals surface area contributed by atoms with Gasteiger partial charge in [0.1, 0.15) is 5.82 Å². The number of nitrogens with one attached hydrogen (secondary N) is 2. The summed E-state index contributed by atoms with van der Waals surface area (Å²) in [5.74, 6) is 4.92. The van der Waals surface area contributed by atoms with Crippen LogP contribution in [-0.4, -0.2) is 15.9 Å². The van der Waals surface area contributed by atoms with Crippen molar-refractivity contribution in [2.75, 3.05) is 0 Å². The highest BCUT2D eigenvalue weighted by molar-refractivity contribution is 5.93. The fraction of sp³-hybridized carbons (Fsp3) is 0.300. The van der Waals surface area contributed by atoms with E-state index in [0.29, 0.717) is 11.4 Å². The van der Waals surface area contributed by atoms with Crippen LogP contribution in [0.4, 0.5) is 0 Å². The van der Waals surface area contributed by atoms with E-state index in [4.69, 9.17) is 0 Å². The van der Waals surface area contributed by atoms with Crippen LogP contribution in [0.2, 0.25) is 0 Å². The second-order valence-corrected chi connectivity index (χ2v) is 2.88. The average molecular weight is 205 g/mol. The average Bonchev–Trinajstić information content (AvgIpc) is 2.17. The molecule has 5 heteroatoms. The summed E-state index contributed by atoms with van der Waals surface area (Å²) in [7, 11) is 0. The lowest BCUT2D eigenvalue weighted by Crippen LogP contribution is -2.26. The number of H-pyrrole nitrogens is 1. The van der Waals surface area contributed by atoms with Gasteiger partial charge in [-0.25, -0.2) is 4.98 Å². The molecule has 1 heterocycles. The van der Waals surface area contributed by atoms with E-state index in [1.54, 1.807) is 13.8 Å². The van der Waals surface area contributed by atoms with Crippen LogP contribution in [0.3, 0.4) is 0 Å². The molecule has 15 heavy (non-hydrogen) atoms. The number of hydrogen-bond donors (Lipinski definition) is 2. The predicted molar refractivity (Wildman–Crippen MR) is 54.9 cm³/mol. The van der Waals surface area contributed by atoms with E-state index in [1.165, 1.54) is 6.20 Å². The lowest BCUT2D eigenvalue weighted by Gasteiger charge is -2.00. The Morgan fingerprint density at radius 2 is 2.40 bits per heavy atom. The lowest BCUT2D eigenvalue weighted by molar-refractivity contribution is -0.115. The zero-order chi connectivity index (χ0) is 11.3. The van der Waals surface area contributed by atoms with E-state index in [1.807, 2.05) is 0 Å². The van der Waals surface area contributed by atoms with Crippen molar-refractivity contribution in [1.82, 2.24) is 15.3 Å². The number of amides is 1. The van der Waals surface area contributed by atoms with Gasteiger partial charge < -0.3 is 10.3 Å². The summed E-state index contributed by atoms with van der Waals surface area (Å²) in [4.78, 5) is 28.8. The molecule has 2 N–H and O–H groups in total. The summed E-state index contributed by atoms with van der Waals surface area (Å²) in [6, 6.07) is 0. The Bertz CT molecular complexity index is 479. The maximum atomic E-state index is 11.3. The lowest BCUT2D eigenvalue weighted by atomic mass is 10.3. The summed E-state index contributed by atoms with van der Waals surface area (Å²) < 4.78 is 0. The number of nitrogens with zero attached hydrogens (tertiary/aromatic N) is 1. The molecule has 1 aromatic heterocycles. The first kappa shape index (κ1) is 11.0. The zero-order valence-corrected chi connectivity index (χ0v) is 8.55. The molecule has 0 radical (unpaired) electrons. The first-order chi connectivity index (χ1) is 7.13. The van der Waals surface area contributed by atoms with Crippen molar-refractivity contribution < 1.29 is 4.79 Å². The van der Waals surface area contributed by atoms with E-state index in [2.05, 4.69) is 27.1 Å². The molecule has 1 amide bonds. The van der Waals surface area contributed by atoms with Gasteiger partial charge in [-0.2, -0.15) is 0 Å². The third-order valence-corrected chi connectivity index (χ3v) is 1.68. The molecule has 1 rings (SSSR count). The van der Waals surface area contributed by atoms with Crippen LogP contribution >= 0.6 is 0 Å². The van der Waals surface area contributed by atoms with Crippen LogP contribution in [0.1, 0.15) is 18.3 Å². The molecular weight excluding hydrogens is 194 g/mol. The Kier molecular flexibility index (Phi) is 3.63. The smallest absolute Gasteiger partial charge is 0.296 e. The van der Waals surface area contributed by atoms with E-state index in [9.17, 15) is 9.59 Å². The van der Waals surface area contributed by atoms with Gasteiger partial charge in [-0.05, 0) is 19.8 Å². The van der Waals surface area contributed by atoms with E-state index < -0.39 is 5.91 Å². The third kappa shape index (κ3) is 3.27. The van der Waals surface area contributed by atoms with Gasteiger partial charge in [0.15, 0.2) is 0 Å². The second kappa shape index (κ2) is 4.96. The highest BCUT2D eigenvalue weighted by Crippen LogP contribution is 1.87. The van der Waals surface area contributed by atoms with Crippen molar-refractivity contribution in [2.45, 2.75) is 20.4 Å². The SMILES string of the molecule is CC#CC(=O)NCc1cnc(C)[nH]c1=O. The van der Waals surface area contributed by atoms with Gasteiger partial charge in [0, 0.05) is 6.20 Å². The Labute approximate surface area is 86.9 Å². The number of aromatic amines is 1. The van der Waals surface area contributed by atoms with Gasteiger partial charge in [-0.1, -0.05) is 5.92 Å². The minimum Gasteiger partial charge on any atom is -0.341 e. The van der Waals surface area contributed by atoms with Crippen LogP contribution in [0, 0.1) is 18.8 Å². The van der Waals surface area contributed by atoms with Crippen LogP contribution in [0.5, 0.6) is 0 Å². The molecule has 0 saturated carbocycles. The largest absolute Gasteiger partial charge is 0.341 e. The topological polar surface area (TPSA) is 74.8 Å². The molecule has 0 fully saturated rings. The number of hydrogen-bond acceptors (Lipinski definition) is 3. The molecule has 0 aliphatic carbocycles. The van der Waals surface area contributed by atoms with Gasteiger partial charge in [0.2, 0.25) is 0 Å². The molecule has 0 aliphatic heterocycles. The highest BCUT2D eigenvalue weighted by Gasteiger charge is 2.01. The summed E-state index contributed by atoms with van der Waals surface area (Å²) >= 11 is 0. The number of rotatable bonds is 2. The molecule has 0 atom stereocenters. The van der Waals surface area contributed by atoms with Gasteiger partial charge >= 0.3 is 0 Å². The van der Waals surface area contributed by atoms with Gasteiger partial charge in [0.25, 0.3) is 11.5 Å². The van der Waals surface area contributed by atoms with Crippen LogP contribution in [-0.2, 0) is 11.3 Å².